The number of carboxylic acids is 1. The molecule has 0 radical (unpaired) electrons. The summed E-state index contributed by atoms with van der Waals surface area (Å²) >= 11 is 0. The Morgan fingerprint density at radius 3 is 2.79 bits per heavy atom. The topological polar surface area (TPSA) is 97.4 Å². The molecule has 0 fully saturated rings. The predicted molar refractivity (Wildman–Crippen MR) is 71.8 cm³/mol. The van der Waals surface area contributed by atoms with E-state index in [0.29, 0.717) is 5.69 Å². The number of amides is 1. The molecule has 0 saturated carbocycles. The molecule has 0 bridgehead atoms. The molecule has 1 heterocycles. The summed E-state index contributed by atoms with van der Waals surface area (Å²) in [6.07, 6.45) is 1.54. The Morgan fingerprint density at radius 2 is 2.11 bits per heavy atom. The number of carboxylic acid groups (broad SMARTS) is 1. The number of aliphatic carboxylic acids is 1. The minimum Gasteiger partial charge on any atom is -0.480 e. The van der Waals surface area contributed by atoms with Crippen LogP contribution in [0.5, 0.6) is 0 Å². The van der Waals surface area contributed by atoms with E-state index in [1.165, 1.54) is 0 Å². The molecule has 0 saturated heterocycles. The maximum Gasteiger partial charge on any atom is 0.321 e. The maximum atomic E-state index is 11.7. The van der Waals surface area contributed by atoms with Crippen LogP contribution in [0.2, 0.25) is 0 Å². The molecular formula is C13H15N3O3. The first-order valence-electron chi connectivity index (χ1n) is 5.81. The number of nitrogens with zero attached hydrogens (tertiary/aromatic N) is 1. The lowest BCUT2D eigenvalue weighted by Crippen LogP contribution is -2.34. The number of carbonyl (C=O) groups excluding carboxylic acids is 1. The third-order valence-electron chi connectivity index (χ3n) is 2.89. The monoisotopic (exact) mass is 261 g/mol. The van der Waals surface area contributed by atoms with Crippen molar-refractivity contribution in [3.63, 3.8) is 0 Å². The fourth-order valence-electron chi connectivity index (χ4n) is 1.93. The third kappa shape index (κ3) is 2.74. The summed E-state index contributed by atoms with van der Waals surface area (Å²) in [4.78, 5) is 22.3. The fraction of sp³-hybridized carbons (Fsp3) is 0.231. The summed E-state index contributed by atoms with van der Waals surface area (Å²) < 4.78 is 1.89. The van der Waals surface area contributed by atoms with Gasteiger partial charge in [0.2, 0.25) is 5.91 Å². The van der Waals surface area contributed by atoms with Crippen LogP contribution in [0.25, 0.3) is 10.9 Å². The number of hydrogen-bond donors (Lipinski definition) is 3. The Bertz CT molecular complexity index is 633. The van der Waals surface area contributed by atoms with Gasteiger partial charge in [0.15, 0.2) is 0 Å². The number of fused-ring (bicyclic) bond motifs is 1. The Hall–Kier alpha value is -2.34. The smallest absolute Gasteiger partial charge is 0.321 e. The minimum atomic E-state index is -1.19. The molecule has 1 aromatic carbocycles. The zero-order valence-corrected chi connectivity index (χ0v) is 10.5. The van der Waals surface area contributed by atoms with Crippen molar-refractivity contribution in [2.24, 2.45) is 12.8 Å². The Balaban J connectivity index is 2.18. The highest BCUT2D eigenvalue weighted by atomic mass is 16.4. The van der Waals surface area contributed by atoms with Crippen LogP contribution in [0.15, 0.2) is 30.5 Å². The Morgan fingerprint density at radius 1 is 1.42 bits per heavy atom. The van der Waals surface area contributed by atoms with Gasteiger partial charge in [-0.15, -0.1) is 0 Å². The molecule has 4 N–H and O–H groups in total. The number of aryl methyl sites for hydroxylation is 1. The van der Waals surface area contributed by atoms with Gasteiger partial charge < -0.3 is 20.7 Å². The molecule has 1 atom stereocenters. The SMILES string of the molecule is Cn1cc(NC(=O)CC(N)C(=O)O)c2ccccc21. The van der Waals surface area contributed by atoms with Crippen molar-refractivity contribution in [1.29, 1.82) is 0 Å². The van der Waals surface area contributed by atoms with E-state index < -0.39 is 17.9 Å². The quantitative estimate of drug-likeness (QED) is 0.762. The zero-order valence-electron chi connectivity index (χ0n) is 10.5. The van der Waals surface area contributed by atoms with Crippen molar-refractivity contribution in [2.45, 2.75) is 12.5 Å². The van der Waals surface area contributed by atoms with Gasteiger partial charge in [0.25, 0.3) is 0 Å². The van der Waals surface area contributed by atoms with E-state index in [2.05, 4.69) is 5.32 Å². The van der Waals surface area contributed by atoms with Gasteiger partial charge in [0.1, 0.15) is 6.04 Å². The first kappa shape index (κ1) is 13.1. The van der Waals surface area contributed by atoms with Crippen molar-refractivity contribution >= 4 is 28.5 Å². The maximum absolute atomic E-state index is 11.7. The lowest BCUT2D eigenvalue weighted by molar-refractivity contribution is -0.140. The van der Waals surface area contributed by atoms with Gasteiger partial charge >= 0.3 is 5.97 Å². The Labute approximate surface area is 109 Å². The van der Waals surface area contributed by atoms with Gasteiger partial charge in [-0.25, -0.2) is 0 Å². The van der Waals surface area contributed by atoms with Crippen molar-refractivity contribution in [3.8, 4) is 0 Å². The number of nitrogens with two attached hydrogens (primary N) is 1. The van der Waals surface area contributed by atoms with E-state index in [0.717, 1.165) is 10.9 Å². The molecule has 100 valence electrons. The van der Waals surface area contributed by atoms with Gasteiger partial charge in [-0.3, -0.25) is 9.59 Å². The summed E-state index contributed by atoms with van der Waals surface area (Å²) in [5.74, 6) is -1.60. The molecule has 0 aliphatic heterocycles. The molecule has 2 rings (SSSR count). The second kappa shape index (κ2) is 5.11. The van der Waals surface area contributed by atoms with Gasteiger partial charge in [-0.05, 0) is 6.07 Å². The van der Waals surface area contributed by atoms with Crippen molar-refractivity contribution < 1.29 is 14.7 Å². The summed E-state index contributed by atoms with van der Waals surface area (Å²) in [5, 5.41) is 12.3. The van der Waals surface area contributed by atoms with E-state index in [9.17, 15) is 9.59 Å². The average molecular weight is 261 g/mol. The number of para-hydroxylation sites is 1. The van der Waals surface area contributed by atoms with Crippen LogP contribution in [0.1, 0.15) is 6.42 Å². The van der Waals surface area contributed by atoms with Crippen LogP contribution in [0.4, 0.5) is 5.69 Å². The number of benzene rings is 1. The van der Waals surface area contributed by atoms with Crippen molar-refractivity contribution in [2.75, 3.05) is 5.32 Å². The van der Waals surface area contributed by atoms with Crippen LogP contribution in [0.3, 0.4) is 0 Å². The predicted octanol–water partition coefficient (Wildman–Crippen LogP) is 0.919. The van der Waals surface area contributed by atoms with Crippen LogP contribution in [-0.2, 0) is 16.6 Å². The standard InChI is InChI=1S/C13H15N3O3/c1-16-7-10(8-4-2-3-5-11(8)16)15-12(17)6-9(14)13(18)19/h2-5,7,9H,6,14H2,1H3,(H,15,17)(H,18,19). The highest BCUT2D eigenvalue weighted by molar-refractivity contribution is 6.02. The van der Waals surface area contributed by atoms with E-state index in [1.807, 2.05) is 35.9 Å². The van der Waals surface area contributed by atoms with E-state index in [1.54, 1.807) is 6.20 Å². The number of nitrogens with one attached hydrogen (secondary N) is 1. The molecule has 19 heavy (non-hydrogen) atoms. The normalized spacial score (nSPS) is 12.3. The summed E-state index contributed by atoms with van der Waals surface area (Å²) in [6.45, 7) is 0. The second-order valence-corrected chi connectivity index (χ2v) is 4.37. The molecule has 2 aromatic rings. The zero-order chi connectivity index (χ0) is 14.0. The molecule has 0 aliphatic rings. The molecular weight excluding hydrogens is 246 g/mol. The van der Waals surface area contributed by atoms with Crippen LogP contribution in [-0.4, -0.2) is 27.6 Å². The highest BCUT2D eigenvalue weighted by Crippen LogP contribution is 2.24. The van der Waals surface area contributed by atoms with Gasteiger partial charge in [0.05, 0.1) is 12.1 Å². The van der Waals surface area contributed by atoms with Gasteiger partial charge in [-0.1, -0.05) is 18.2 Å². The van der Waals surface area contributed by atoms with Gasteiger partial charge in [-0.2, -0.15) is 0 Å². The van der Waals surface area contributed by atoms with E-state index in [4.69, 9.17) is 10.8 Å². The van der Waals surface area contributed by atoms with E-state index >= 15 is 0 Å². The number of carbonyl (C=O) groups is 2. The molecule has 0 aliphatic carbocycles. The average Bonchev–Trinajstić information content (AvgIpc) is 2.67. The van der Waals surface area contributed by atoms with Crippen molar-refractivity contribution in [1.82, 2.24) is 4.57 Å². The number of anilines is 1. The lowest BCUT2D eigenvalue weighted by atomic mass is 10.2. The van der Waals surface area contributed by atoms with Crippen molar-refractivity contribution in [3.05, 3.63) is 30.5 Å². The summed E-state index contributed by atoms with van der Waals surface area (Å²) in [7, 11) is 1.88. The Kier molecular flexibility index (Phi) is 3.52. The molecule has 1 amide bonds. The van der Waals surface area contributed by atoms with Crippen LogP contribution in [0, 0.1) is 0 Å². The summed E-state index contributed by atoms with van der Waals surface area (Å²) in [6, 6.07) is 6.43. The number of rotatable bonds is 4. The van der Waals surface area contributed by atoms with Gasteiger partial charge in [0, 0.05) is 24.1 Å². The highest BCUT2D eigenvalue weighted by Gasteiger charge is 2.17. The molecule has 1 unspecified atom stereocenters. The molecule has 1 aromatic heterocycles. The first-order chi connectivity index (χ1) is 8.99. The second-order valence-electron chi connectivity index (χ2n) is 4.37. The number of hydrogen-bond acceptors (Lipinski definition) is 3. The van der Waals surface area contributed by atoms with Crippen LogP contribution >= 0.6 is 0 Å². The van der Waals surface area contributed by atoms with E-state index in [-0.39, 0.29) is 6.42 Å². The molecule has 6 heteroatoms. The third-order valence-corrected chi connectivity index (χ3v) is 2.89. The molecule has 0 spiro atoms. The fourth-order valence-corrected chi connectivity index (χ4v) is 1.93. The van der Waals surface area contributed by atoms with Crippen LogP contribution < -0.4 is 11.1 Å². The number of aromatic nitrogens is 1. The minimum absolute atomic E-state index is 0.251. The largest absolute Gasteiger partial charge is 0.480 e. The molecule has 6 nitrogen and oxygen atoms in total. The summed E-state index contributed by atoms with van der Waals surface area (Å²) in [5.41, 5.74) is 6.96. The first-order valence-corrected chi connectivity index (χ1v) is 5.81. The lowest BCUT2D eigenvalue weighted by Gasteiger charge is -2.06.